The first-order valence-corrected chi connectivity index (χ1v) is 8.24. The zero-order valence-electron chi connectivity index (χ0n) is 14.3. The van der Waals surface area contributed by atoms with E-state index in [0.29, 0.717) is 18.7 Å². The highest BCUT2D eigenvalue weighted by Crippen LogP contribution is 2.22. The first kappa shape index (κ1) is 18.4. The second-order valence-corrected chi connectivity index (χ2v) is 6.01. The Bertz CT molecular complexity index is 325. The van der Waals surface area contributed by atoms with Crippen molar-refractivity contribution in [3.8, 4) is 0 Å². The van der Waals surface area contributed by atoms with Crippen molar-refractivity contribution in [2.24, 2.45) is 0 Å². The molecular formula is C16H32N2O3. The van der Waals surface area contributed by atoms with Gasteiger partial charge < -0.3 is 14.8 Å². The molecule has 1 heterocycles. The molecule has 3 atom stereocenters. The summed E-state index contributed by atoms with van der Waals surface area (Å²) in [5, 5.41) is 3.31. The van der Waals surface area contributed by atoms with Crippen molar-refractivity contribution in [3.05, 3.63) is 0 Å². The highest BCUT2D eigenvalue weighted by molar-refractivity contribution is 5.80. The number of hydrogen-bond donors (Lipinski definition) is 1. The summed E-state index contributed by atoms with van der Waals surface area (Å²) in [6, 6.07) is 0.758. The SMILES string of the molecule is CCNC(C)(CC(C)N1CCOCC1CC)C(=O)OCC. The highest BCUT2D eigenvalue weighted by atomic mass is 16.5. The van der Waals surface area contributed by atoms with Crippen molar-refractivity contribution < 1.29 is 14.3 Å². The van der Waals surface area contributed by atoms with Gasteiger partial charge in [-0.15, -0.1) is 0 Å². The van der Waals surface area contributed by atoms with Gasteiger partial charge in [0.15, 0.2) is 0 Å². The van der Waals surface area contributed by atoms with Crippen LogP contribution in [-0.4, -0.2) is 61.4 Å². The summed E-state index contributed by atoms with van der Waals surface area (Å²) in [4.78, 5) is 14.8. The molecule has 5 heteroatoms. The Morgan fingerprint density at radius 3 is 2.76 bits per heavy atom. The number of ether oxygens (including phenoxy) is 2. The predicted octanol–water partition coefficient (Wildman–Crippen LogP) is 1.81. The fourth-order valence-electron chi connectivity index (χ4n) is 3.22. The Morgan fingerprint density at radius 2 is 2.19 bits per heavy atom. The van der Waals surface area contributed by atoms with Crippen LogP contribution >= 0.6 is 0 Å². The minimum Gasteiger partial charge on any atom is -0.465 e. The van der Waals surface area contributed by atoms with Crippen molar-refractivity contribution >= 4 is 5.97 Å². The van der Waals surface area contributed by atoms with E-state index in [1.807, 2.05) is 20.8 Å². The molecule has 0 amide bonds. The summed E-state index contributed by atoms with van der Waals surface area (Å²) in [5.74, 6) is -0.153. The van der Waals surface area contributed by atoms with E-state index in [1.165, 1.54) is 0 Å². The molecule has 0 aromatic carbocycles. The lowest BCUT2D eigenvalue weighted by Crippen LogP contribution is -2.57. The first-order chi connectivity index (χ1) is 9.98. The van der Waals surface area contributed by atoms with E-state index in [2.05, 4.69) is 24.1 Å². The van der Waals surface area contributed by atoms with Crippen LogP contribution in [0.3, 0.4) is 0 Å². The molecule has 1 fully saturated rings. The molecule has 0 spiro atoms. The van der Waals surface area contributed by atoms with E-state index in [-0.39, 0.29) is 5.97 Å². The first-order valence-electron chi connectivity index (χ1n) is 8.24. The van der Waals surface area contributed by atoms with Gasteiger partial charge in [0.25, 0.3) is 0 Å². The Kier molecular flexibility index (Phi) is 7.63. The Morgan fingerprint density at radius 1 is 1.48 bits per heavy atom. The largest absolute Gasteiger partial charge is 0.465 e. The number of carbonyl (C=O) groups excluding carboxylic acids is 1. The van der Waals surface area contributed by atoms with E-state index in [0.717, 1.165) is 39.1 Å². The molecule has 1 rings (SSSR count). The highest BCUT2D eigenvalue weighted by Gasteiger charge is 2.38. The number of esters is 1. The number of nitrogens with zero attached hydrogens (tertiary/aromatic N) is 1. The van der Waals surface area contributed by atoms with E-state index in [9.17, 15) is 4.79 Å². The third kappa shape index (κ3) is 4.94. The molecule has 0 aromatic rings. The van der Waals surface area contributed by atoms with Gasteiger partial charge in [0.05, 0.1) is 19.8 Å². The third-order valence-electron chi connectivity index (χ3n) is 4.31. The third-order valence-corrected chi connectivity index (χ3v) is 4.31. The predicted molar refractivity (Wildman–Crippen MR) is 84.4 cm³/mol. The zero-order valence-corrected chi connectivity index (χ0v) is 14.3. The van der Waals surface area contributed by atoms with Crippen LogP contribution in [0.2, 0.25) is 0 Å². The van der Waals surface area contributed by atoms with Crippen LogP contribution in [-0.2, 0) is 14.3 Å². The fourth-order valence-corrected chi connectivity index (χ4v) is 3.22. The average Bonchev–Trinajstić information content (AvgIpc) is 2.47. The summed E-state index contributed by atoms with van der Waals surface area (Å²) >= 11 is 0. The number of carbonyl (C=O) groups is 1. The molecule has 5 nitrogen and oxygen atoms in total. The van der Waals surface area contributed by atoms with Crippen molar-refractivity contribution in [2.45, 2.75) is 65.1 Å². The summed E-state index contributed by atoms with van der Waals surface area (Å²) in [7, 11) is 0. The van der Waals surface area contributed by atoms with Crippen LogP contribution in [0.1, 0.15) is 47.5 Å². The van der Waals surface area contributed by atoms with Gasteiger partial charge in [-0.05, 0) is 40.2 Å². The number of nitrogens with one attached hydrogen (secondary N) is 1. The minimum absolute atomic E-state index is 0.153. The van der Waals surface area contributed by atoms with Gasteiger partial charge in [-0.2, -0.15) is 0 Å². The summed E-state index contributed by atoms with van der Waals surface area (Å²) in [6.07, 6.45) is 1.82. The van der Waals surface area contributed by atoms with Crippen LogP contribution in [0.4, 0.5) is 0 Å². The normalized spacial score (nSPS) is 24.3. The maximum absolute atomic E-state index is 12.3. The number of hydrogen-bond acceptors (Lipinski definition) is 5. The van der Waals surface area contributed by atoms with Gasteiger partial charge in [0.1, 0.15) is 5.54 Å². The summed E-state index contributed by atoms with van der Waals surface area (Å²) in [6.45, 7) is 13.9. The molecule has 0 bridgehead atoms. The number of morpholine rings is 1. The van der Waals surface area contributed by atoms with Gasteiger partial charge in [0.2, 0.25) is 0 Å². The molecule has 1 saturated heterocycles. The molecule has 124 valence electrons. The quantitative estimate of drug-likeness (QED) is 0.693. The Labute approximate surface area is 129 Å². The molecular weight excluding hydrogens is 268 g/mol. The van der Waals surface area contributed by atoms with E-state index < -0.39 is 5.54 Å². The molecule has 0 aromatic heterocycles. The van der Waals surface area contributed by atoms with Crippen LogP contribution in [0.15, 0.2) is 0 Å². The van der Waals surface area contributed by atoms with Crippen LogP contribution in [0.25, 0.3) is 0 Å². The molecule has 21 heavy (non-hydrogen) atoms. The molecule has 3 unspecified atom stereocenters. The standard InChI is InChI=1S/C16H32N2O3/c1-6-14-12-20-10-9-18(14)13(4)11-16(5,17-7-2)15(19)21-8-3/h13-14,17H,6-12H2,1-5H3. The number of likely N-dealkylation sites (N-methyl/N-ethyl adjacent to an activating group) is 1. The second kappa shape index (κ2) is 8.71. The smallest absolute Gasteiger partial charge is 0.326 e. The topological polar surface area (TPSA) is 50.8 Å². The van der Waals surface area contributed by atoms with Crippen molar-refractivity contribution in [1.82, 2.24) is 10.2 Å². The lowest BCUT2D eigenvalue weighted by Gasteiger charge is -2.42. The van der Waals surface area contributed by atoms with Crippen LogP contribution in [0, 0.1) is 0 Å². The lowest BCUT2D eigenvalue weighted by molar-refractivity contribution is -0.151. The van der Waals surface area contributed by atoms with Crippen molar-refractivity contribution in [3.63, 3.8) is 0 Å². The second-order valence-electron chi connectivity index (χ2n) is 6.01. The van der Waals surface area contributed by atoms with Crippen molar-refractivity contribution in [2.75, 3.05) is 32.9 Å². The summed E-state index contributed by atoms with van der Waals surface area (Å²) < 4.78 is 10.8. The van der Waals surface area contributed by atoms with Gasteiger partial charge in [-0.1, -0.05) is 13.8 Å². The maximum Gasteiger partial charge on any atom is 0.326 e. The Hall–Kier alpha value is -0.650. The molecule has 0 saturated carbocycles. The fraction of sp³-hybridized carbons (Fsp3) is 0.938. The zero-order chi connectivity index (χ0) is 15.9. The van der Waals surface area contributed by atoms with Crippen molar-refractivity contribution in [1.29, 1.82) is 0 Å². The maximum atomic E-state index is 12.3. The molecule has 1 aliphatic rings. The van der Waals surface area contributed by atoms with Crippen LogP contribution in [0.5, 0.6) is 0 Å². The molecule has 1 N–H and O–H groups in total. The average molecular weight is 300 g/mol. The lowest BCUT2D eigenvalue weighted by atomic mass is 9.91. The molecule has 0 radical (unpaired) electrons. The van der Waals surface area contributed by atoms with Gasteiger partial charge in [-0.25, -0.2) is 0 Å². The summed E-state index contributed by atoms with van der Waals surface area (Å²) in [5.41, 5.74) is -0.624. The number of rotatable bonds is 8. The van der Waals surface area contributed by atoms with Gasteiger partial charge in [0, 0.05) is 18.6 Å². The van der Waals surface area contributed by atoms with E-state index in [4.69, 9.17) is 9.47 Å². The van der Waals surface area contributed by atoms with Gasteiger partial charge in [-0.3, -0.25) is 9.69 Å². The molecule has 1 aliphatic heterocycles. The van der Waals surface area contributed by atoms with Crippen LogP contribution < -0.4 is 5.32 Å². The van der Waals surface area contributed by atoms with Gasteiger partial charge >= 0.3 is 5.97 Å². The Balaban J connectivity index is 2.74. The molecule has 0 aliphatic carbocycles. The monoisotopic (exact) mass is 300 g/mol. The van der Waals surface area contributed by atoms with E-state index >= 15 is 0 Å². The minimum atomic E-state index is -0.624. The van der Waals surface area contributed by atoms with E-state index in [1.54, 1.807) is 0 Å².